The van der Waals surface area contributed by atoms with Gasteiger partial charge in [0.2, 0.25) is 4.96 Å². The minimum Gasteiger partial charge on any atom is -0.497 e. The number of methoxy groups -OCH3 is 1. The fourth-order valence-corrected chi connectivity index (χ4v) is 2.42. The quantitative estimate of drug-likeness (QED) is 0.697. The largest absolute Gasteiger partial charge is 0.497 e. The zero-order chi connectivity index (χ0) is 11.8. The molecule has 0 atom stereocenters. The molecule has 0 spiro atoms. The van der Waals surface area contributed by atoms with Gasteiger partial charge in [0.15, 0.2) is 0 Å². The molecule has 0 saturated heterocycles. The summed E-state index contributed by atoms with van der Waals surface area (Å²) in [6, 6.07) is 7.86. The van der Waals surface area contributed by atoms with E-state index in [4.69, 9.17) is 4.74 Å². The smallest absolute Gasteiger partial charge is 0.212 e. The number of benzene rings is 1. The molecule has 86 valence electrons. The van der Waals surface area contributed by atoms with Gasteiger partial charge < -0.3 is 4.74 Å². The van der Waals surface area contributed by atoms with Crippen LogP contribution in [0.15, 0.2) is 30.5 Å². The van der Waals surface area contributed by atoms with E-state index in [2.05, 4.69) is 10.1 Å². The van der Waals surface area contributed by atoms with Crippen molar-refractivity contribution in [1.82, 2.24) is 14.6 Å². The van der Waals surface area contributed by atoms with E-state index >= 15 is 0 Å². The third-order valence-electron chi connectivity index (χ3n) is 2.53. The summed E-state index contributed by atoms with van der Waals surface area (Å²) in [6.45, 7) is 1.98. The molecule has 17 heavy (non-hydrogen) atoms. The minimum absolute atomic E-state index is 0.851. The van der Waals surface area contributed by atoms with E-state index in [0.29, 0.717) is 0 Å². The maximum Gasteiger partial charge on any atom is 0.212 e. The number of nitrogens with zero attached hydrogens (tertiary/aromatic N) is 3. The Balaban J connectivity index is 2.04. The van der Waals surface area contributed by atoms with Gasteiger partial charge in [-0.05, 0) is 31.2 Å². The van der Waals surface area contributed by atoms with E-state index in [1.165, 1.54) is 0 Å². The van der Waals surface area contributed by atoms with Crippen LogP contribution in [0.2, 0.25) is 0 Å². The van der Waals surface area contributed by atoms with Crippen molar-refractivity contribution < 1.29 is 4.74 Å². The molecule has 0 unspecified atom stereocenters. The predicted molar refractivity (Wildman–Crippen MR) is 67.6 cm³/mol. The summed E-state index contributed by atoms with van der Waals surface area (Å²) >= 11 is 1.59. The molecule has 3 aromatic rings. The lowest BCUT2D eigenvalue weighted by Gasteiger charge is -1.99. The molecule has 2 aromatic heterocycles. The molecule has 0 saturated carbocycles. The molecule has 0 aliphatic heterocycles. The average molecular weight is 245 g/mol. The van der Waals surface area contributed by atoms with Crippen molar-refractivity contribution in [2.75, 3.05) is 7.11 Å². The van der Waals surface area contributed by atoms with E-state index < -0.39 is 0 Å². The molecule has 2 heterocycles. The topological polar surface area (TPSA) is 39.4 Å². The molecule has 4 nitrogen and oxygen atoms in total. The third-order valence-corrected chi connectivity index (χ3v) is 3.37. The number of aromatic nitrogens is 3. The van der Waals surface area contributed by atoms with Gasteiger partial charge in [0, 0.05) is 5.56 Å². The summed E-state index contributed by atoms with van der Waals surface area (Å²) < 4.78 is 6.95. The highest BCUT2D eigenvalue weighted by molar-refractivity contribution is 7.16. The number of hydrogen-bond acceptors (Lipinski definition) is 4. The lowest BCUT2D eigenvalue weighted by molar-refractivity contribution is 0.415. The van der Waals surface area contributed by atoms with Crippen LogP contribution in [0, 0.1) is 6.92 Å². The zero-order valence-corrected chi connectivity index (χ0v) is 10.4. The van der Waals surface area contributed by atoms with Gasteiger partial charge in [-0.25, -0.2) is 9.50 Å². The predicted octanol–water partition coefficient (Wildman–Crippen LogP) is 2.77. The molecule has 0 aliphatic carbocycles. The maximum atomic E-state index is 5.13. The van der Waals surface area contributed by atoms with E-state index in [9.17, 15) is 0 Å². The van der Waals surface area contributed by atoms with Gasteiger partial charge in [-0.3, -0.25) is 0 Å². The molecule has 3 rings (SSSR count). The molecule has 1 aromatic carbocycles. The second kappa shape index (κ2) is 3.85. The number of hydrogen-bond donors (Lipinski definition) is 0. The Kier molecular flexibility index (Phi) is 2.33. The Bertz CT molecular complexity index is 623. The summed E-state index contributed by atoms with van der Waals surface area (Å²) in [7, 11) is 1.66. The molecule has 0 amide bonds. The lowest BCUT2D eigenvalue weighted by Crippen LogP contribution is -1.83. The Hall–Kier alpha value is -1.88. The van der Waals surface area contributed by atoms with E-state index in [1.807, 2.05) is 41.9 Å². The first-order chi connectivity index (χ1) is 8.26. The number of ether oxygens (including phenoxy) is 1. The zero-order valence-electron chi connectivity index (χ0n) is 9.54. The fourth-order valence-electron chi connectivity index (χ4n) is 1.70. The van der Waals surface area contributed by atoms with Crippen LogP contribution in [0.25, 0.3) is 16.2 Å². The number of aryl methyl sites for hydroxylation is 1. The highest BCUT2D eigenvalue weighted by atomic mass is 32.1. The van der Waals surface area contributed by atoms with Crippen LogP contribution in [0.1, 0.15) is 5.01 Å². The van der Waals surface area contributed by atoms with Crippen LogP contribution < -0.4 is 4.74 Å². The van der Waals surface area contributed by atoms with E-state index in [1.54, 1.807) is 18.4 Å². The fraction of sp³-hybridized carbons (Fsp3) is 0.167. The molecule has 0 fully saturated rings. The number of imidazole rings is 1. The molecular formula is C12H11N3OS. The Morgan fingerprint density at radius 1 is 1.24 bits per heavy atom. The highest BCUT2D eigenvalue weighted by Gasteiger charge is 2.07. The standard InChI is InChI=1S/C12H11N3OS/c1-8-14-15-7-11(13-12(15)17-8)9-3-5-10(16-2)6-4-9/h3-7H,1-2H3. The Labute approximate surface area is 102 Å². The maximum absolute atomic E-state index is 5.13. The Morgan fingerprint density at radius 3 is 2.65 bits per heavy atom. The van der Waals surface area contributed by atoms with Gasteiger partial charge in [-0.15, -0.1) is 0 Å². The second-order valence-electron chi connectivity index (χ2n) is 3.70. The molecular weight excluding hydrogens is 234 g/mol. The number of fused-ring (bicyclic) bond motifs is 1. The molecule has 0 radical (unpaired) electrons. The van der Waals surface area contributed by atoms with Crippen LogP contribution >= 0.6 is 11.3 Å². The number of rotatable bonds is 2. The summed E-state index contributed by atoms with van der Waals surface area (Å²) in [5.41, 5.74) is 2.01. The van der Waals surface area contributed by atoms with Gasteiger partial charge >= 0.3 is 0 Å². The van der Waals surface area contributed by atoms with Crippen LogP contribution in [0.5, 0.6) is 5.75 Å². The van der Waals surface area contributed by atoms with Crippen LogP contribution in [0.3, 0.4) is 0 Å². The first kappa shape index (κ1) is 10.3. The van der Waals surface area contributed by atoms with Crippen LogP contribution in [-0.2, 0) is 0 Å². The molecule has 0 bridgehead atoms. The lowest BCUT2D eigenvalue weighted by atomic mass is 10.2. The summed E-state index contributed by atoms with van der Waals surface area (Å²) in [5, 5.41) is 5.36. The van der Waals surface area contributed by atoms with Crippen molar-refractivity contribution >= 4 is 16.3 Å². The normalized spacial score (nSPS) is 10.9. The van der Waals surface area contributed by atoms with Crippen LogP contribution in [0.4, 0.5) is 0 Å². The average Bonchev–Trinajstić information content (AvgIpc) is 2.86. The van der Waals surface area contributed by atoms with Crippen molar-refractivity contribution in [2.24, 2.45) is 0 Å². The Morgan fingerprint density at radius 2 is 2.00 bits per heavy atom. The van der Waals surface area contributed by atoms with E-state index in [-0.39, 0.29) is 0 Å². The van der Waals surface area contributed by atoms with Crippen LogP contribution in [-0.4, -0.2) is 21.7 Å². The van der Waals surface area contributed by atoms with Gasteiger partial charge in [0.25, 0.3) is 0 Å². The van der Waals surface area contributed by atoms with Crippen molar-refractivity contribution in [1.29, 1.82) is 0 Å². The molecule has 5 heteroatoms. The molecule has 0 aliphatic rings. The second-order valence-corrected chi connectivity index (χ2v) is 4.86. The van der Waals surface area contributed by atoms with E-state index in [0.717, 1.165) is 27.0 Å². The van der Waals surface area contributed by atoms with Crippen molar-refractivity contribution in [3.05, 3.63) is 35.5 Å². The van der Waals surface area contributed by atoms with Crippen molar-refractivity contribution in [3.63, 3.8) is 0 Å². The van der Waals surface area contributed by atoms with Crippen molar-refractivity contribution in [2.45, 2.75) is 6.92 Å². The first-order valence-corrected chi connectivity index (χ1v) is 6.05. The highest BCUT2D eigenvalue weighted by Crippen LogP contribution is 2.23. The first-order valence-electron chi connectivity index (χ1n) is 5.23. The summed E-state index contributed by atoms with van der Waals surface area (Å²) in [6.07, 6.45) is 1.95. The molecule has 0 N–H and O–H groups in total. The van der Waals surface area contributed by atoms with Gasteiger partial charge in [-0.1, -0.05) is 11.3 Å². The monoisotopic (exact) mass is 245 g/mol. The minimum atomic E-state index is 0.851. The SMILES string of the molecule is COc1ccc(-c2cn3nc(C)sc3n2)cc1. The summed E-state index contributed by atoms with van der Waals surface area (Å²) in [5.74, 6) is 0.851. The summed E-state index contributed by atoms with van der Waals surface area (Å²) in [4.78, 5) is 5.46. The van der Waals surface area contributed by atoms with Crippen molar-refractivity contribution in [3.8, 4) is 17.0 Å². The van der Waals surface area contributed by atoms with Gasteiger partial charge in [-0.2, -0.15) is 5.10 Å². The third kappa shape index (κ3) is 1.78. The van der Waals surface area contributed by atoms with Gasteiger partial charge in [0.1, 0.15) is 10.8 Å². The van der Waals surface area contributed by atoms with Gasteiger partial charge in [0.05, 0.1) is 19.0 Å².